The van der Waals surface area contributed by atoms with Crippen molar-refractivity contribution in [1.29, 1.82) is 0 Å². The third-order valence-corrected chi connectivity index (χ3v) is 5.58. The van der Waals surface area contributed by atoms with Gasteiger partial charge in [0.2, 0.25) is 0 Å². The number of thiophene rings is 2. The molecule has 3 rings (SSSR count). The zero-order valence-electron chi connectivity index (χ0n) is 11.1. The van der Waals surface area contributed by atoms with Crippen LogP contribution >= 0.6 is 38.6 Å². The average Bonchev–Trinajstić information content (AvgIpc) is 3.08. The molecule has 1 aromatic carbocycles. The molecule has 0 saturated heterocycles. The number of nitrogens with one attached hydrogen (secondary N) is 1. The van der Waals surface area contributed by atoms with Crippen molar-refractivity contribution in [1.82, 2.24) is 5.32 Å². The number of carbonyl (C=O) groups excluding carboxylic acids is 1. The van der Waals surface area contributed by atoms with Crippen molar-refractivity contribution in [2.45, 2.75) is 6.42 Å². The number of anilines is 1. The van der Waals surface area contributed by atoms with Crippen molar-refractivity contribution in [2.24, 2.45) is 0 Å². The minimum absolute atomic E-state index is 0.0972. The van der Waals surface area contributed by atoms with E-state index < -0.39 is 0 Å². The van der Waals surface area contributed by atoms with Crippen LogP contribution in [0, 0.1) is 0 Å². The quantitative estimate of drug-likeness (QED) is 0.709. The van der Waals surface area contributed by atoms with Gasteiger partial charge in [0.1, 0.15) is 4.88 Å². The zero-order valence-corrected chi connectivity index (χ0v) is 14.3. The highest BCUT2D eigenvalue weighted by Gasteiger charge is 2.16. The summed E-state index contributed by atoms with van der Waals surface area (Å²) in [5.74, 6) is -0.0972. The molecule has 3 nitrogen and oxygen atoms in total. The second-order valence-corrected chi connectivity index (χ2v) is 7.37. The SMILES string of the molecule is Nc1c(C(=O)NCCc2ccsc2)sc2ccc(Br)cc12. The molecular weight excluding hydrogens is 368 g/mol. The second kappa shape index (κ2) is 6.17. The van der Waals surface area contributed by atoms with E-state index in [1.165, 1.54) is 16.9 Å². The predicted molar refractivity (Wildman–Crippen MR) is 94.3 cm³/mol. The summed E-state index contributed by atoms with van der Waals surface area (Å²) >= 11 is 6.53. The van der Waals surface area contributed by atoms with Gasteiger partial charge >= 0.3 is 0 Å². The third-order valence-electron chi connectivity index (χ3n) is 3.17. The summed E-state index contributed by atoms with van der Waals surface area (Å²) in [4.78, 5) is 12.8. The highest BCUT2D eigenvalue weighted by atomic mass is 79.9. The lowest BCUT2D eigenvalue weighted by molar-refractivity contribution is 0.0959. The molecule has 0 aliphatic carbocycles. The van der Waals surface area contributed by atoms with E-state index in [9.17, 15) is 4.79 Å². The van der Waals surface area contributed by atoms with Gasteiger partial charge in [0, 0.05) is 21.1 Å². The van der Waals surface area contributed by atoms with E-state index in [2.05, 4.69) is 32.7 Å². The van der Waals surface area contributed by atoms with Crippen LogP contribution in [0.4, 0.5) is 5.69 Å². The van der Waals surface area contributed by atoms with Gasteiger partial charge in [-0.2, -0.15) is 11.3 Å². The number of rotatable bonds is 4. The van der Waals surface area contributed by atoms with E-state index in [-0.39, 0.29) is 5.91 Å². The fourth-order valence-corrected chi connectivity index (χ4v) is 4.18. The highest BCUT2D eigenvalue weighted by molar-refractivity contribution is 9.10. The largest absolute Gasteiger partial charge is 0.397 e. The maximum atomic E-state index is 12.3. The van der Waals surface area contributed by atoms with E-state index >= 15 is 0 Å². The molecule has 0 saturated carbocycles. The normalized spacial score (nSPS) is 10.9. The Hall–Kier alpha value is -1.37. The Bertz CT molecular complexity index is 780. The van der Waals surface area contributed by atoms with Gasteiger partial charge in [0.15, 0.2) is 0 Å². The number of hydrogen-bond acceptors (Lipinski definition) is 4. The molecule has 0 spiro atoms. The monoisotopic (exact) mass is 380 g/mol. The summed E-state index contributed by atoms with van der Waals surface area (Å²) in [7, 11) is 0. The fourth-order valence-electron chi connectivity index (χ4n) is 2.09. The first-order valence-corrected chi connectivity index (χ1v) is 8.97. The van der Waals surface area contributed by atoms with Gasteiger partial charge in [0.25, 0.3) is 5.91 Å². The summed E-state index contributed by atoms with van der Waals surface area (Å²) in [6.45, 7) is 0.618. The number of fused-ring (bicyclic) bond motifs is 1. The predicted octanol–water partition coefficient (Wildman–Crippen LogP) is 4.28. The summed E-state index contributed by atoms with van der Waals surface area (Å²) in [5.41, 5.74) is 7.91. The van der Waals surface area contributed by atoms with Gasteiger partial charge in [-0.3, -0.25) is 4.79 Å². The van der Waals surface area contributed by atoms with Crippen molar-refractivity contribution in [3.05, 3.63) is 49.9 Å². The lowest BCUT2D eigenvalue weighted by Crippen LogP contribution is -2.25. The van der Waals surface area contributed by atoms with Gasteiger partial charge in [-0.05, 0) is 47.0 Å². The first-order chi connectivity index (χ1) is 10.1. The summed E-state index contributed by atoms with van der Waals surface area (Å²) < 4.78 is 1.99. The Morgan fingerprint density at radius 2 is 2.19 bits per heavy atom. The van der Waals surface area contributed by atoms with Crippen LogP contribution in [-0.2, 0) is 6.42 Å². The second-order valence-electron chi connectivity index (χ2n) is 4.62. The van der Waals surface area contributed by atoms with Crippen molar-refractivity contribution < 1.29 is 4.79 Å². The van der Waals surface area contributed by atoms with Crippen LogP contribution in [0.3, 0.4) is 0 Å². The maximum absolute atomic E-state index is 12.3. The number of hydrogen-bond donors (Lipinski definition) is 2. The van der Waals surface area contributed by atoms with Crippen molar-refractivity contribution in [3.63, 3.8) is 0 Å². The molecule has 0 unspecified atom stereocenters. The van der Waals surface area contributed by atoms with Crippen LogP contribution in [0.5, 0.6) is 0 Å². The minimum atomic E-state index is -0.0972. The van der Waals surface area contributed by atoms with Crippen LogP contribution in [0.15, 0.2) is 39.5 Å². The molecule has 0 aliphatic rings. The standard InChI is InChI=1S/C15H13BrN2OS2/c16-10-1-2-12-11(7-10)13(17)14(21-12)15(19)18-5-3-9-4-6-20-8-9/h1-2,4,6-8H,3,5,17H2,(H,18,19). The topological polar surface area (TPSA) is 55.1 Å². The van der Waals surface area contributed by atoms with E-state index in [0.717, 1.165) is 21.0 Å². The molecule has 2 heterocycles. The van der Waals surface area contributed by atoms with Crippen LogP contribution in [0.1, 0.15) is 15.2 Å². The Balaban J connectivity index is 1.73. The lowest BCUT2D eigenvalue weighted by atomic mass is 10.2. The number of halogens is 1. The van der Waals surface area contributed by atoms with Crippen LogP contribution in [0.2, 0.25) is 0 Å². The smallest absolute Gasteiger partial charge is 0.263 e. The van der Waals surface area contributed by atoms with E-state index in [1.54, 1.807) is 11.3 Å². The molecule has 0 radical (unpaired) electrons. The molecule has 3 N–H and O–H groups in total. The summed E-state index contributed by atoms with van der Waals surface area (Å²) in [5, 5.41) is 8.00. The summed E-state index contributed by atoms with van der Waals surface area (Å²) in [6.07, 6.45) is 0.839. The van der Waals surface area contributed by atoms with Gasteiger partial charge < -0.3 is 11.1 Å². The van der Waals surface area contributed by atoms with Crippen molar-refractivity contribution >= 4 is 60.3 Å². The molecule has 0 aliphatic heterocycles. The number of nitrogen functional groups attached to an aromatic ring is 1. The van der Waals surface area contributed by atoms with Gasteiger partial charge in [-0.25, -0.2) is 0 Å². The lowest BCUT2D eigenvalue weighted by Gasteiger charge is -2.03. The molecular formula is C15H13BrN2OS2. The fraction of sp³-hybridized carbons (Fsp3) is 0.133. The molecule has 6 heteroatoms. The third kappa shape index (κ3) is 3.12. The van der Waals surface area contributed by atoms with Gasteiger partial charge in [-0.1, -0.05) is 15.9 Å². The molecule has 2 aromatic heterocycles. The van der Waals surface area contributed by atoms with Gasteiger partial charge in [-0.15, -0.1) is 11.3 Å². The first-order valence-electron chi connectivity index (χ1n) is 6.42. The Labute approximate surface area is 138 Å². The highest BCUT2D eigenvalue weighted by Crippen LogP contribution is 2.35. The number of benzene rings is 1. The summed E-state index contributed by atoms with van der Waals surface area (Å²) in [6, 6.07) is 7.95. The zero-order chi connectivity index (χ0) is 14.8. The van der Waals surface area contributed by atoms with Crippen molar-refractivity contribution in [3.8, 4) is 0 Å². The Morgan fingerprint density at radius 1 is 1.33 bits per heavy atom. The molecule has 21 heavy (non-hydrogen) atoms. The van der Waals surface area contributed by atoms with E-state index in [4.69, 9.17) is 5.73 Å². The number of amides is 1. The van der Waals surface area contributed by atoms with E-state index in [1.807, 2.05) is 23.6 Å². The Morgan fingerprint density at radius 3 is 2.95 bits per heavy atom. The average molecular weight is 381 g/mol. The first kappa shape index (κ1) is 14.6. The molecule has 0 bridgehead atoms. The van der Waals surface area contributed by atoms with Crippen LogP contribution in [-0.4, -0.2) is 12.5 Å². The van der Waals surface area contributed by atoms with Gasteiger partial charge in [0.05, 0.1) is 5.69 Å². The molecule has 0 atom stereocenters. The van der Waals surface area contributed by atoms with Crippen LogP contribution in [0.25, 0.3) is 10.1 Å². The Kier molecular flexibility index (Phi) is 4.28. The van der Waals surface area contributed by atoms with E-state index in [0.29, 0.717) is 17.1 Å². The maximum Gasteiger partial charge on any atom is 0.263 e. The molecule has 108 valence electrons. The number of nitrogens with two attached hydrogens (primary N) is 1. The van der Waals surface area contributed by atoms with Crippen LogP contribution < -0.4 is 11.1 Å². The minimum Gasteiger partial charge on any atom is -0.397 e. The number of carbonyl (C=O) groups is 1. The molecule has 3 aromatic rings. The molecule has 0 fully saturated rings. The molecule has 1 amide bonds. The van der Waals surface area contributed by atoms with Crippen molar-refractivity contribution in [2.75, 3.05) is 12.3 Å².